The summed E-state index contributed by atoms with van der Waals surface area (Å²) in [7, 11) is 0. The number of fused-ring (bicyclic) bond motifs is 1. The lowest BCUT2D eigenvalue weighted by molar-refractivity contribution is -0.163. The van der Waals surface area contributed by atoms with E-state index in [0.717, 1.165) is 17.5 Å². The van der Waals surface area contributed by atoms with E-state index in [4.69, 9.17) is 9.47 Å². The predicted molar refractivity (Wildman–Crippen MR) is 123 cm³/mol. The third-order valence-electron chi connectivity index (χ3n) is 5.57. The van der Waals surface area contributed by atoms with Gasteiger partial charge in [-0.15, -0.1) is 0 Å². The monoisotopic (exact) mass is 488 g/mol. The summed E-state index contributed by atoms with van der Waals surface area (Å²) < 4.78 is 55.4. The van der Waals surface area contributed by atoms with Crippen LogP contribution in [-0.4, -0.2) is 33.1 Å². The highest BCUT2D eigenvalue weighted by atomic mass is 19.4. The molecular weight excluding hydrogens is 461 g/mol. The standard InChI is InChI=1S/C26H27F3N2O4/c1-25(2,3)35-22(24(32)33)20-21(18-11-12-19-17(14-18)10-7-13-34-19)31(30-23(20)26(27,28)29)15-16-8-5-4-6-9-16/h4-6,8-9,11-12,14,22H,7,10,13,15H2,1-3H3,(H,32,33). The second-order valence-electron chi connectivity index (χ2n) is 9.47. The molecule has 2 heterocycles. The molecule has 0 saturated carbocycles. The molecule has 0 fully saturated rings. The Morgan fingerprint density at radius 3 is 2.51 bits per heavy atom. The Morgan fingerprint density at radius 1 is 1.17 bits per heavy atom. The predicted octanol–water partition coefficient (Wildman–Crippen LogP) is 5.88. The van der Waals surface area contributed by atoms with Crippen molar-refractivity contribution in [2.45, 2.75) is 58.0 Å². The van der Waals surface area contributed by atoms with Crippen molar-refractivity contribution in [1.29, 1.82) is 0 Å². The molecule has 0 saturated heterocycles. The SMILES string of the molecule is CC(C)(C)OC(C(=O)O)c1c(C(F)(F)F)nn(Cc2ccccc2)c1-c1ccc2c(c1)CCCO2. The molecule has 9 heteroatoms. The maximum atomic E-state index is 14.3. The van der Waals surface area contributed by atoms with Gasteiger partial charge in [0, 0.05) is 5.56 Å². The van der Waals surface area contributed by atoms with Gasteiger partial charge in [-0.2, -0.15) is 18.3 Å². The lowest BCUT2D eigenvalue weighted by Crippen LogP contribution is -2.29. The fraction of sp³-hybridized carbons (Fsp3) is 0.385. The van der Waals surface area contributed by atoms with E-state index in [1.54, 1.807) is 69.3 Å². The Labute approximate surface area is 201 Å². The number of hydrogen-bond donors (Lipinski definition) is 1. The van der Waals surface area contributed by atoms with Crippen LogP contribution in [0.2, 0.25) is 0 Å². The summed E-state index contributed by atoms with van der Waals surface area (Å²) in [6, 6.07) is 14.0. The van der Waals surface area contributed by atoms with Gasteiger partial charge in [0.2, 0.25) is 0 Å². The normalized spacial score (nSPS) is 14.8. The Bertz CT molecular complexity index is 1210. The summed E-state index contributed by atoms with van der Waals surface area (Å²) >= 11 is 0. The minimum absolute atomic E-state index is 0.0225. The maximum Gasteiger partial charge on any atom is 0.435 e. The quantitative estimate of drug-likeness (QED) is 0.469. The summed E-state index contributed by atoms with van der Waals surface area (Å²) in [6.07, 6.45) is -5.28. The van der Waals surface area contributed by atoms with Crippen LogP contribution in [0.15, 0.2) is 48.5 Å². The molecule has 1 aliphatic rings. The smallest absolute Gasteiger partial charge is 0.435 e. The van der Waals surface area contributed by atoms with Crippen LogP contribution in [0.1, 0.15) is 55.7 Å². The molecule has 0 radical (unpaired) electrons. The molecular formula is C26H27F3N2O4. The number of aromatic nitrogens is 2. The van der Waals surface area contributed by atoms with Crippen LogP contribution in [-0.2, 0) is 28.7 Å². The molecule has 186 valence electrons. The Kier molecular flexibility index (Phi) is 6.64. The molecule has 0 aliphatic carbocycles. The number of aliphatic carboxylic acids is 1. The number of aryl methyl sites for hydroxylation is 1. The average molecular weight is 489 g/mol. The summed E-state index contributed by atoms with van der Waals surface area (Å²) in [6.45, 7) is 5.39. The van der Waals surface area contributed by atoms with Crippen LogP contribution >= 0.6 is 0 Å². The van der Waals surface area contributed by atoms with Crippen molar-refractivity contribution in [3.05, 3.63) is 70.9 Å². The molecule has 0 spiro atoms. The zero-order chi connectivity index (χ0) is 25.4. The minimum atomic E-state index is -4.89. The molecule has 1 atom stereocenters. The zero-order valence-electron chi connectivity index (χ0n) is 19.7. The number of rotatable bonds is 6. The van der Waals surface area contributed by atoms with Gasteiger partial charge in [-0.3, -0.25) is 4.68 Å². The average Bonchev–Trinajstić information content (AvgIpc) is 3.16. The molecule has 35 heavy (non-hydrogen) atoms. The number of carboxylic acids is 1. The van der Waals surface area contributed by atoms with E-state index in [0.29, 0.717) is 24.3 Å². The molecule has 4 rings (SSSR count). The summed E-state index contributed by atoms with van der Waals surface area (Å²) in [5, 5.41) is 13.9. The zero-order valence-corrected chi connectivity index (χ0v) is 19.7. The number of halogens is 3. The highest BCUT2D eigenvalue weighted by molar-refractivity contribution is 5.80. The van der Waals surface area contributed by atoms with Crippen LogP contribution in [0.25, 0.3) is 11.3 Å². The lowest BCUT2D eigenvalue weighted by atomic mass is 9.96. The minimum Gasteiger partial charge on any atom is -0.493 e. The Hall–Kier alpha value is -3.33. The van der Waals surface area contributed by atoms with E-state index < -0.39 is 35.1 Å². The fourth-order valence-corrected chi connectivity index (χ4v) is 4.20. The van der Waals surface area contributed by atoms with Crippen LogP contribution in [0.3, 0.4) is 0 Å². The first-order chi connectivity index (χ1) is 16.4. The number of alkyl halides is 3. The lowest BCUT2D eigenvalue weighted by Gasteiger charge is -2.26. The first-order valence-corrected chi connectivity index (χ1v) is 11.3. The molecule has 1 aliphatic heterocycles. The molecule has 3 aromatic rings. The third-order valence-corrected chi connectivity index (χ3v) is 5.57. The highest BCUT2D eigenvalue weighted by Crippen LogP contribution is 2.43. The van der Waals surface area contributed by atoms with E-state index in [9.17, 15) is 23.1 Å². The summed E-state index contributed by atoms with van der Waals surface area (Å²) in [5.74, 6) is -0.848. The largest absolute Gasteiger partial charge is 0.493 e. The van der Waals surface area contributed by atoms with Crippen LogP contribution in [0, 0.1) is 0 Å². The van der Waals surface area contributed by atoms with Gasteiger partial charge in [-0.25, -0.2) is 4.79 Å². The van der Waals surface area contributed by atoms with Gasteiger partial charge >= 0.3 is 12.1 Å². The number of ether oxygens (including phenoxy) is 2. The van der Waals surface area contributed by atoms with Crippen LogP contribution in [0.4, 0.5) is 13.2 Å². The fourth-order valence-electron chi connectivity index (χ4n) is 4.20. The van der Waals surface area contributed by atoms with Crippen molar-refractivity contribution in [2.75, 3.05) is 6.61 Å². The van der Waals surface area contributed by atoms with E-state index in [2.05, 4.69) is 5.10 Å². The maximum absolute atomic E-state index is 14.3. The summed E-state index contributed by atoms with van der Waals surface area (Å²) in [5.41, 5.74) is -0.737. The molecule has 0 bridgehead atoms. The van der Waals surface area contributed by atoms with Crippen molar-refractivity contribution in [3.8, 4) is 17.0 Å². The number of hydrogen-bond acceptors (Lipinski definition) is 4. The molecule has 1 aromatic heterocycles. The van der Waals surface area contributed by atoms with Gasteiger partial charge < -0.3 is 14.6 Å². The molecule has 1 unspecified atom stereocenters. The van der Waals surface area contributed by atoms with Gasteiger partial charge in [0.05, 0.1) is 30.0 Å². The van der Waals surface area contributed by atoms with E-state index in [1.807, 2.05) is 0 Å². The first-order valence-electron chi connectivity index (χ1n) is 11.3. The van der Waals surface area contributed by atoms with Crippen molar-refractivity contribution in [1.82, 2.24) is 9.78 Å². The summed E-state index contributed by atoms with van der Waals surface area (Å²) in [4.78, 5) is 12.3. The molecule has 2 aromatic carbocycles. The van der Waals surface area contributed by atoms with Gasteiger partial charge in [-0.05, 0) is 62.9 Å². The molecule has 0 amide bonds. The number of nitrogens with zero attached hydrogens (tertiary/aromatic N) is 2. The highest BCUT2D eigenvalue weighted by Gasteiger charge is 2.45. The van der Waals surface area contributed by atoms with Crippen LogP contribution in [0.5, 0.6) is 5.75 Å². The van der Waals surface area contributed by atoms with Crippen LogP contribution < -0.4 is 4.74 Å². The van der Waals surface area contributed by atoms with E-state index >= 15 is 0 Å². The van der Waals surface area contributed by atoms with Gasteiger partial charge in [-0.1, -0.05) is 30.3 Å². The van der Waals surface area contributed by atoms with Gasteiger partial charge in [0.15, 0.2) is 11.8 Å². The van der Waals surface area contributed by atoms with Crippen molar-refractivity contribution in [3.63, 3.8) is 0 Å². The topological polar surface area (TPSA) is 73.6 Å². The number of carboxylic acid groups (broad SMARTS) is 1. The van der Waals surface area contributed by atoms with Crippen molar-refractivity contribution in [2.24, 2.45) is 0 Å². The number of carbonyl (C=O) groups is 1. The van der Waals surface area contributed by atoms with Crippen molar-refractivity contribution < 1.29 is 32.5 Å². The van der Waals surface area contributed by atoms with Gasteiger partial charge in [0.25, 0.3) is 0 Å². The Morgan fingerprint density at radius 2 is 1.89 bits per heavy atom. The van der Waals surface area contributed by atoms with Gasteiger partial charge in [0.1, 0.15) is 5.75 Å². The second-order valence-corrected chi connectivity index (χ2v) is 9.47. The third kappa shape index (κ3) is 5.51. The van der Waals surface area contributed by atoms with E-state index in [1.165, 1.54) is 4.68 Å². The Balaban J connectivity index is 1.99. The van der Waals surface area contributed by atoms with Crippen molar-refractivity contribution >= 4 is 5.97 Å². The first kappa shape index (κ1) is 24.8. The molecule has 6 nitrogen and oxygen atoms in total. The van der Waals surface area contributed by atoms with E-state index in [-0.39, 0.29) is 12.2 Å². The number of benzene rings is 2. The molecule has 1 N–H and O–H groups in total. The second kappa shape index (κ2) is 9.37.